The molecule has 0 unspecified atom stereocenters. The smallest absolute Gasteiger partial charge is 0.412 e. The third-order valence-electron chi connectivity index (χ3n) is 3.25. The van der Waals surface area contributed by atoms with E-state index >= 15 is 0 Å². The average molecular weight is 278 g/mol. The van der Waals surface area contributed by atoms with Gasteiger partial charge < -0.3 is 15.2 Å². The molecule has 20 heavy (non-hydrogen) atoms. The Morgan fingerprint density at radius 1 is 1.40 bits per heavy atom. The van der Waals surface area contributed by atoms with E-state index < -0.39 is 17.3 Å². The number of aryl methyl sites for hydroxylation is 1. The zero-order valence-electron chi connectivity index (χ0n) is 12.4. The number of carbonyl (C=O) groups is 1. The molecule has 0 spiro atoms. The van der Waals surface area contributed by atoms with E-state index in [0.29, 0.717) is 18.8 Å². The Hall–Kier alpha value is -1.59. The minimum absolute atomic E-state index is 0.489. The van der Waals surface area contributed by atoms with Crippen molar-refractivity contribution < 1.29 is 14.6 Å². The lowest BCUT2D eigenvalue weighted by molar-refractivity contribution is -0.0146. The van der Waals surface area contributed by atoms with E-state index in [1.807, 2.05) is 39.8 Å². The maximum Gasteiger partial charge on any atom is 0.412 e. The Balaban J connectivity index is 2.15. The zero-order valence-corrected chi connectivity index (χ0v) is 12.4. The number of benzene rings is 1. The Bertz CT molecular complexity index is 516. The van der Waals surface area contributed by atoms with Gasteiger partial charge in [-0.2, -0.15) is 0 Å². The number of carbonyl (C=O) groups excluding carboxylic acids is 1. The van der Waals surface area contributed by atoms with E-state index in [9.17, 15) is 9.90 Å². The van der Waals surface area contributed by atoms with Crippen LogP contribution in [0.15, 0.2) is 18.2 Å². The number of hydrogen-bond donors (Lipinski definition) is 3. The second kappa shape index (κ2) is 5.07. The van der Waals surface area contributed by atoms with Crippen LogP contribution in [0.4, 0.5) is 10.5 Å². The number of nitrogens with one attached hydrogen (secondary N) is 2. The summed E-state index contributed by atoms with van der Waals surface area (Å²) in [7, 11) is 0. The number of hydrogen-bond acceptors (Lipinski definition) is 4. The van der Waals surface area contributed by atoms with E-state index in [4.69, 9.17) is 4.74 Å². The van der Waals surface area contributed by atoms with Gasteiger partial charge in [-0.15, -0.1) is 0 Å². The number of amides is 1. The molecule has 5 heteroatoms. The van der Waals surface area contributed by atoms with Crippen molar-refractivity contribution in [3.05, 3.63) is 29.3 Å². The van der Waals surface area contributed by atoms with E-state index in [1.165, 1.54) is 0 Å². The fourth-order valence-electron chi connectivity index (χ4n) is 2.03. The predicted molar refractivity (Wildman–Crippen MR) is 77.8 cm³/mol. The molecule has 1 aliphatic heterocycles. The van der Waals surface area contributed by atoms with Crippen LogP contribution in [0.25, 0.3) is 0 Å². The Morgan fingerprint density at radius 3 is 2.55 bits per heavy atom. The van der Waals surface area contributed by atoms with Crippen molar-refractivity contribution in [3.63, 3.8) is 0 Å². The Labute approximate surface area is 119 Å². The van der Waals surface area contributed by atoms with Crippen molar-refractivity contribution in [2.45, 2.75) is 38.9 Å². The molecule has 1 aliphatic rings. The van der Waals surface area contributed by atoms with Gasteiger partial charge in [0.15, 0.2) is 0 Å². The monoisotopic (exact) mass is 278 g/mol. The predicted octanol–water partition coefficient (Wildman–Crippen LogP) is 2.13. The van der Waals surface area contributed by atoms with Gasteiger partial charge in [0.25, 0.3) is 0 Å². The second-order valence-corrected chi connectivity index (χ2v) is 6.29. The molecule has 1 heterocycles. The highest BCUT2D eigenvalue weighted by Gasteiger charge is 2.36. The van der Waals surface area contributed by atoms with Crippen molar-refractivity contribution in [2.75, 3.05) is 18.4 Å². The topological polar surface area (TPSA) is 70.6 Å². The second-order valence-electron chi connectivity index (χ2n) is 6.29. The van der Waals surface area contributed by atoms with E-state index in [1.54, 1.807) is 6.07 Å². The highest BCUT2D eigenvalue weighted by Crippen LogP contribution is 2.29. The molecule has 110 valence electrons. The Kier molecular flexibility index (Phi) is 3.75. The summed E-state index contributed by atoms with van der Waals surface area (Å²) >= 11 is 0. The first-order valence-corrected chi connectivity index (χ1v) is 6.74. The SMILES string of the molecule is Cc1ccc(C2(O)CNC2)cc1NC(=O)OC(C)(C)C. The van der Waals surface area contributed by atoms with Crippen LogP contribution in [-0.2, 0) is 10.3 Å². The molecule has 2 rings (SSSR count). The van der Waals surface area contributed by atoms with Crippen LogP contribution in [-0.4, -0.2) is 29.9 Å². The Morgan fingerprint density at radius 2 is 2.05 bits per heavy atom. The van der Waals surface area contributed by atoms with Gasteiger partial charge in [0.1, 0.15) is 11.2 Å². The van der Waals surface area contributed by atoms with Gasteiger partial charge in [-0.25, -0.2) is 4.79 Å². The summed E-state index contributed by atoms with van der Waals surface area (Å²) in [5.41, 5.74) is 1.02. The quantitative estimate of drug-likeness (QED) is 0.775. The van der Waals surface area contributed by atoms with Crippen LogP contribution in [0, 0.1) is 6.92 Å². The van der Waals surface area contributed by atoms with E-state index in [2.05, 4.69) is 10.6 Å². The van der Waals surface area contributed by atoms with Gasteiger partial charge >= 0.3 is 6.09 Å². The van der Waals surface area contributed by atoms with Crippen molar-refractivity contribution in [2.24, 2.45) is 0 Å². The highest BCUT2D eigenvalue weighted by molar-refractivity contribution is 5.86. The first-order chi connectivity index (χ1) is 9.20. The third kappa shape index (κ3) is 3.29. The number of ether oxygens (including phenoxy) is 1. The largest absolute Gasteiger partial charge is 0.444 e. The normalized spacial score (nSPS) is 17.2. The number of aliphatic hydroxyl groups is 1. The van der Waals surface area contributed by atoms with Crippen molar-refractivity contribution in [1.82, 2.24) is 5.32 Å². The van der Waals surface area contributed by atoms with Crippen LogP contribution in [0.3, 0.4) is 0 Å². The first kappa shape index (κ1) is 14.8. The summed E-state index contributed by atoms with van der Waals surface area (Å²) in [6, 6.07) is 5.58. The molecule has 0 aromatic heterocycles. The molecule has 0 aliphatic carbocycles. The van der Waals surface area contributed by atoms with Crippen LogP contribution in [0.1, 0.15) is 31.9 Å². The molecular weight excluding hydrogens is 256 g/mol. The van der Waals surface area contributed by atoms with Gasteiger partial charge in [0.2, 0.25) is 0 Å². The number of anilines is 1. The van der Waals surface area contributed by atoms with Crippen molar-refractivity contribution in [1.29, 1.82) is 0 Å². The lowest BCUT2D eigenvalue weighted by Gasteiger charge is -2.38. The summed E-state index contributed by atoms with van der Waals surface area (Å²) < 4.78 is 5.24. The zero-order chi connectivity index (χ0) is 15.0. The summed E-state index contributed by atoms with van der Waals surface area (Å²) in [5.74, 6) is 0. The summed E-state index contributed by atoms with van der Waals surface area (Å²) in [4.78, 5) is 11.8. The summed E-state index contributed by atoms with van der Waals surface area (Å²) in [6.07, 6.45) is -0.489. The van der Waals surface area contributed by atoms with Gasteiger partial charge in [0, 0.05) is 18.8 Å². The molecule has 0 saturated carbocycles. The highest BCUT2D eigenvalue weighted by atomic mass is 16.6. The molecule has 5 nitrogen and oxygen atoms in total. The summed E-state index contributed by atoms with van der Waals surface area (Å²) in [6.45, 7) is 8.42. The van der Waals surface area contributed by atoms with Crippen molar-refractivity contribution >= 4 is 11.8 Å². The average Bonchev–Trinajstić information content (AvgIpc) is 2.26. The minimum atomic E-state index is -0.835. The first-order valence-electron chi connectivity index (χ1n) is 6.74. The molecule has 0 radical (unpaired) electrons. The minimum Gasteiger partial charge on any atom is -0.444 e. The van der Waals surface area contributed by atoms with Crippen LogP contribution < -0.4 is 10.6 Å². The molecule has 1 saturated heterocycles. The summed E-state index contributed by atoms with van der Waals surface area (Å²) in [5, 5.41) is 16.1. The van der Waals surface area contributed by atoms with Crippen LogP contribution in [0.2, 0.25) is 0 Å². The number of β-amino-alcohol motifs (C(OH)–C–C–N with tert-alkyl or cyclic N) is 1. The van der Waals surface area contributed by atoms with Crippen molar-refractivity contribution in [3.8, 4) is 0 Å². The maximum absolute atomic E-state index is 11.8. The van der Waals surface area contributed by atoms with E-state index in [0.717, 1.165) is 11.1 Å². The standard InChI is InChI=1S/C15H22N2O3/c1-10-5-6-11(15(19)8-16-9-15)7-12(10)17-13(18)20-14(2,3)4/h5-7,16,19H,8-9H2,1-4H3,(H,17,18). The molecule has 1 amide bonds. The lowest BCUT2D eigenvalue weighted by atomic mass is 9.87. The van der Waals surface area contributed by atoms with Gasteiger partial charge in [-0.3, -0.25) is 5.32 Å². The molecule has 0 atom stereocenters. The van der Waals surface area contributed by atoms with Crippen LogP contribution in [0.5, 0.6) is 0 Å². The molecule has 1 aromatic carbocycles. The lowest BCUT2D eigenvalue weighted by Crippen LogP contribution is -2.56. The van der Waals surface area contributed by atoms with E-state index in [-0.39, 0.29) is 0 Å². The fourth-order valence-corrected chi connectivity index (χ4v) is 2.03. The molecular formula is C15H22N2O3. The van der Waals surface area contributed by atoms with Crippen LogP contribution >= 0.6 is 0 Å². The van der Waals surface area contributed by atoms with Gasteiger partial charge in [-0.05, 0) is 44.9 Å². The van der Waals surface area contributed by atoms with Gasteiger partial charge in [0.05, 0.1) is 0 Å². The molecule has 3 N–H and O–H groups in total. The molecule has 1 fully saturated rings. The fraction of sp³-hybridized carbons (Fsp3) is 0.533. The van der Waals surface area contributed by atoms with Gasteiger partial charge in [-0.1, -0.05) is 12.1 Å². The molecule has 0 bridgehead atoms. The number of rotatable bonds is 2. The molecule has 1 aromatic rings. The third-order valence-corrected chi connectivity index (χ3v) is 3.25. The maximum atomic E-state index is 11.8.